The Labute approximate surface area is 367 Å². The zero-order valence-corrected chi connectivity index (χ0v) is 36.3. The van der Waals surface area contributed by atoms with E-state index in [2.05, 4.69) is 30.1 Å². The number of rotatable bonds is 11. The van der Waals surface area contributed by atoms with Gasteiger partial charge in [-0.3, -0.25) is 19.7 Å². The van der Waals surface area contributed by atoms with Crippen molar-refractivity contribution in [2.24, 2.45) is 11.8 Å². The van der Waals surface area contributed by atoms with E-state index in [0.29, 0.717) is 85.9 Å². The molecule has 0 aromatic carbocycles. The molecule has 22 nitrogen and oxygen atoms in total. The van der Waals surface area contributed by atoms with Crippen LogP contribution in [-0.2, 0) is 20.0 Å². The standard InChI is InChI=1S/C20H21N7O5S.C20H23N7O3S/c1-33(31,32)25-8-5-13(6-9-25)19(28)14-2-3-17(23-10-14)26-12-15(11-24-26)16-4-7-22-20(21)18(16)27(29)30;1-31(29,30)26-8-5-13(6-9-26)19(28)14-2-3-17(24-10-14)27-12-15(11-25-27)16-4-7-23-20(22)18(16)21/h2-4,7,10-13H,5-6,8-9H2,1H3,(H2,21,22);2-4,7,10-13H,5-6,8-9,21H2,1H3,(H2,22,23). The maximum absolute atomic E-state index is 12.8. The number of hydrogen-bond acceptors (Lipinski definition) is 17. The van der Waals surface area contributed by atoms with E-state index in [0.717, 1.165) is 11.1 Å². The molecule has 0 saturated carbocycles. The van der Waals surface area contributed by atoms with E-state index in [-0.39, 0.29) is 46.3 Å². The van der Waals surface area contributed by atoms with E-state index in [9.17, 15) is 36.5 Å². The van der Waals surface area contributed by atoms with Crippen LogP contribution in [0.4, 0.5) is 23.0 Å². The van der Waals surface area contributed by atoms with Crippen LogP contribution in [0.25, 0.3) is 33.9 Å². The lowest BCUT2D eigenvalue weighted by molar-refractivity contribution is -0.383. The molecule has 6 N–H and O–H groups in total. The Bertz CT molecular complexity index is 2930. The van der Waals surface area contributed by atoms with Crippen LogP contribution >= 0.6 is 0 Å². The van der Waals surface area contributed by atoms with Crippen LogP contribution < -0.4 is 17.2 Å². The van der Waals surface area contributed by atoms with Crippen molar-refractivity contribution in [3.8, 4) is 33.9 Å². The van der Waals surface area contributed by atoms with Crippen molar-refractivity contribution < 1.29 is 31.3 Å². The summed E-state index contributed by atoms with van der Waals surface area (Å²) in [4.78, 5) is 52.8. The second-order valence-corrected chi connectivity index (χ2v) is 19.2. The van der Waals surface area contributed by atoms with Crippen LogP contribution in [0.1, 0.15) is 46.4 Å². The minimum atomic E-state index is -3.25. The summed E-state index contributed by atoms with van der Waals surface area (Å²) in [6.45, 7) is 1.36. The summed E-state index contributed by atoms with van der Waals surface area (Å²) in [7, 11) is -6.47. The second-order valence-electron chi connectivity index (χ2n) is 15.3. The van der Waals surface area contributed by atoms with Gasteiger partial charge in [0.1, 0.15) is 5.82 Å². The maximum Gasteiger partial charge on any atom is 0.319 e. The molecule has 0 unspecified atom stereocenters. The van der Waals surface area contributed by atoms with Crippen molar-refractivity contribution in [3.63, 3.8) is 0 Å². The van der Waals surface area contributed by atoms with Crippen LogP contribution in [0.5, 0.6) is 0 Å². The van der Waals surface area contributed by atoms with Gasteiger partial charge >= 0.3 is 5.69 Å². The van der Waals surface area contributed by atoms with Gasteiger partial charge in [-0.05, 0) is 62.1 Å². The van der Waals surface area contributed by atoms with Gasteiger partial charge in [-0.15, -0.1) is 0 Å². The number of carbonyl (C=O) groups excluding carboxylic acids is 2. The number of carbonyl (C=O) groups is 2. The fourth-order valence-electron chi connectivity index (χ4n) is 7.52. The highest BCUT2D eigenvalue weighted by Crippen LogP contribution is 2.33. The van der Waals surface area contributed by atoms with Crippen LogP contribution in [0, 0.1) is 22.0 Å². The van der Waals surface area contributed by atoms with Gasteiger partial charge in [0.2, 0.25) is 25.9 Å². The van der Waals surface area contributed by atoms with Gasteiger partial charge < -0.3 is 17.2 Å². The number of piperidine rings is 2. The van der Waals surface area contributed by atoms with E-state index in [1.807, 2.05) is 0 Å². The van der Waals surface area contributed by atoms with E-state index >= 15 is 0 Å². The average Bonchev–Trinajstić information content (AvgIpc) is 3.98. The molecule has 0 atom stereocenters. The Morgan fingerprint density at radius 3 is 1.45 bits per heavy atom. The zero-order valence-electron chi connectivity index (χ0n) is 34.6. The largest absolute Gasteiger partial charge is 0.395 e. The van der Waals surface area contributed by atoms with Gasteiger partial charge in [0.05, 0.1) is 41.1 Å². The highest BCUT2D eigenvalue weighted by atomic mass is 32.2. The molecular formula is C40H44N14O8S2. The number of nitrogen functional groups attached to an aromatic ring is 3. The summed E-state index contributed by atoms with van der Waals surface area (Å²) in [5.74, 6) is 0.484. The average molecular weight is 913 g/mol. The number of sulfonamides is 2. The van der Waals surface area contributed by atoms with Crippen LogP contribution in [0.15, 0.2) is 86.0 Å². The minimum absolute atomic E-state index is 0.0200. The first-order valence-corrected chi connectivity index (χ1v) is 23.5. The van der Waals surface area contributed by atoms with Gasteiger partial charge in [-0.2, -0.15) is 10.2 Å². The fourth-order valence-corrected chi connectivity index (χ4v) is 9.26. The molecule has 334 valence electrons. The molecule has 2 saturated heterocycles. The summed E-state index contributed by atoms with van der Waals surface area (Å²) in [5.41, 5.74) is 20.7. The number of nitrogens with two attached hydrogens (primary N) is 3. The Kier molecular flexibility index (Phi) is 12.9. The normalized spacial score (nSPS) is 15.6. The van der Waals surface area contributed by atoms with Gasteiger partial charge in [-0.25, -0.2) is 54.7 Å². The van der Waals surface area contributed by atoms with E-state index in [1.165, 1.54) is 56.7 Å². The zero-order chi connectivity index (χ0) is 45.9. The molecular weight excluding hydrogens is 869 g/mol. The van der Waals surface area contributed by atoms with E-state index < -0.39 is 25.0 Å². The van der Waals surface area contributed by atoms with Crippen LogP contribution in [0.2, 0.25) is 0 Å². The van der Waals surface area contributed by atoms with Crippen molar-refractivity contribution in [2.45, 2.75) is 25.7 Å². The lowest BCUT2D eigenvalue weighted by Gasteiger charge is -2.29. The van der Waals surface area contributed by atoms with E-state index in [4.69, 9.17) is 17.2 Å². The molecule has 64 heavy (non-hydrogen) atoms. The van der Waals surface area contributed by atoms with Crippen LogP contribution in [0.3, 0.4) is 0 Å². The molecule has 24 heteroatoms. The molecule has 0 spiro atoms. The molecule has 0 aliphatic carbocycles. The first kappa shape index (κ1) is 45.0. The first-order chi connectivity index (χ1) is 30.4. The summed E-state index contributed by atoms with van der Waals surface area (Å²) in [6.07, 6.45) is 16.7. The van der Waals surface area contributed by atoms with Gasteiger partial charge in [0, 0.05) is 103 Å². The third-order valence-electron chi connectivity index (χ3n) is 11.1. The van der Waals surface area contributed by atoms with Gasteiger partial charge in [0.25, 0.3) is 0 Å². The summed E-state index contributed by atoms with van der Waals surface area (Å²) >= 11 is 0. The van der Waals surface area contributed by atoms with Gasteiger partial charge in [0.15, 0.2) is 23.2 Å². The van der Waals surface area contributed by atoms with Crippen molar-refractivity contribution in [3.05, 3.63) is 107 Å². The Morgan fingerprint density at radius 1 is 0.625 bits per heavy atom. The lowest BCUT2D eigenvalue weighted by Crippen LogP contribution is -2.39. The van der Waals surface area contributed by atoms with Crippen molar-refractivity contribution >= 4 is 54.6 Å². The number of pyridine rings is 4. The topological polar surface area (TPSA) is 317 Å². The van der Waals surface area contributed by atoms with Crippen LogP contribution in [-0.4, -0.2) is 120 Å². The third kappa shape index (κ3) is 9.94. The highest BCUT2D eigenvalue weighted by molar-refractivity contribution is 7.88. The molecule has 2 aliphatic heterocycles. The number of ketones is 2. The summed E-state index contributed by atoms with van der Waals surface area (Å²) < 4.78 is 52.4. The highest BCUT2D eigenvalue weighted by Gasteiger charge is 2.31. The van der Waals surface area contributed by atoms with Gasteiger partial charge in [-0.1, -0.05) is 0 Å². The molecule has 8 rings (SSSR count). The Balaban J connectivity index is 0.000000192. The second kappa shape index (κ2) is 18.4. The first-order valence-electron chi connectivity index (χ1n) is 19.8. The number of hydrogen-bond donors (Lipinski definition) is 3. The summed E-state index contributed by atoms with van der Waals surface area (Å²) in [6, 6.07) is 9.96. The number of Topliss-reactive ketones (excluding diaryl/α,β-unsaturated/α-hetero) is 2. The van der Waals surface area contributed by atoms with Crippen molar-refractivity contribution in [1.29, 1.82) is 0 Å². The molecule has 0 amide bonds. The number of anilines is 3. The quantitative estimate of drug-likeness (QED) is 0.0955. The SMILES string of the molecule is CS(=O)(=O)N1CCC(C(=O)c2ccc(-n3cc(-c4ccnc(N)c4N)cn3)nc2)CC1.CS(=O)(=O)N1CCC(C(=O)c2ccc(-n3cc(-c4ccnc(N)c4[N+](=O)[O-])cn3)nc2)CC1. The molecule has 2 fully saturated rings. The fraction of sp³-hybridized carbons (Fsp3) is 0.300. The Morgan fingerprint density at radius 2 is 1.05 bits per heavy atom. The number of nitro groups is 1. The van der Waals surface area contributed by atoms with Crippen molar-refractivity contribution in [2.75, 3.05) is 55.9 Å². The number of nitrogens with zero attached hydrogens (tertiary/aromatic N) is 11. The predicted octanol–water partition coefficient (Wildman–Crippen LogP) is 3.02. The molecule has 2 aliphatic rings. The lowest BCUT2D eigenvalue weighted by atomic mass is 9.90. The predicted molar refractivity (Wildman–Crippen MR) is 236 cm³/mol. The number of aromatic nitrogens is 8. The van der Waals surface area contributed by atoms with E-state index in [1.54, 1.807) is 59.8 Å². The molecule has 6 aromatic rings. The summed E-state index contributed by atoms with van der Waals surface area (Å²) in [5, 5.41) is 19.9. The molecule has 8 heterocycles. The minimum Gasteiger partial charge on any atom is -0.395 e. The smallest absolute Gasteiger partial charge is 0.319 e. The monoisotopic (exact) mass is 912 g/mol. The maximum atomic E-state index is 12.8. The third-order valence-corrected chi connectivity index (χ3v) is 13.7. The Hall–Kier alpha value is -7.02. The molecule has 0 bridgehead atoms. The molecule has 0 radical (unpaired) electrons. The molecule has 6 aromatic heterocycles. The van der Waals surface area contributed by atoms with Crippen molar-refractivity contribution in [1.82, 2.24) is 48.1 Å².